The van der Waals surface area contributed by atoms with Gasteiger partial charge in [0.2, 0.25) is 0 Å². The summed E-state index contributed by atoms with van der Waals surface area (Å²) in [5.74, 6) is 0.130. The van der Waals surface area contributed by atoms with E-state index in [1.807, 2.05) is 12.4 Å². The summed E-state index contributed by atoms with van der Waals surface area (Å²) >= 11 is 6.05. The van der Waals surface area contributed by atoms with Crippen LogP contribution < -0.4 is 10.6 Å². The Morgan fingerprint density at radius 2 is 1.94 bits per heavy atom. The summed E-state index contributed by atoms with van der Waals surface area (Å²) < 4.78 is 40.5. The molecular weight excluding hydrogens is 455 g/mol. The van der Waals surface area contributed by atoms with Gasteiger partial charge in [0.15, 0.2) is 0 Å². The maximum absolute atomic E-state index is 13.2. The number of halogens is 4. The van der Waals surface area contributed by atoms with Crippen LogP contribution in [-0.4, -0.2) is 52.8 Å². The van der Waals surface area contributed by atoms with Crippen molar-refractivity contribution in [3.8, 4) is 0 Å². The molecule has 1 aliphatic carbocycles. The number of hydrogen-bond donors (Lipinski definition) is 2. The first-order chi connectivity index (χ1) is 15.8. The van der Waals surface area contributed by atoms with Gasteiger partial charge in [-0.2, -0.15) is 18.3 Å². The van der Waals surface area contributed by atoms with Crippen LogP contribution in [0.5, 0.6) is 0 Å². The van der Waals surface area contributed by atoms with Crippen LogP contribution in [0.3, 0.4) is 0 Å². The van der Waals surface area contributed by atoms with Crippen LogP contribution >= 0.6 is 11.6 Å². The highest BCUT2D eigenvalue weighted by atomic mass is 35.5. The number of anilines is 1. The third kappa shape index (κ3) is 4.26. The fourth-order valence-corrected chi connectivity index (χ4v) is 5.24. The molecule has 0 radical (unpaired) electrons. The number of hydrogen-bond acceptors (Lipinski definition) is 4. The Morgan fingerprint density at radius 3 is 2.48 bits per heavy atom. The Morgan fingerprint density at radius 1 is 1.21 bits per heavy atom. The second-order valence-electron chi connectivity index (χ2n) is 9.37. The monoisotopic (exact) mass is 481 g/mol. The lowest BCUT2D eigenvalue weighted by Gasteiger charge is -2.42. The van der Waals surface area contributed by atoms with E-state index in [0.29, 0.717) is 24.8 Å². The van der Waals surface area contributed by atoms with Crippen molar-refractivity contribution in [3.05, 3.63) is 46.7 Å². The van der Waals surface area contributed by atoms with Crippen molar-refractivity contribution in [3.63, 3.8) is 0 Å². The summed E-state index contributed by atoms with van der Waals surface area (Å²) in [6.07, 6.45) is 3.65. The van der Waals surface area contributed by atoms with Gasteiger partial charge in [-0.25, -0.2) is 0 Å². The number of nitrogens with one attached hydrogen (secondary N) is 2. The maximum atomic E-state index is 13.2. The van der Waals surface area contributed by atoms with E-state index < -0.39 is 17.3 Å². The molecule has 33 heavy (non-hydrogen) atoms. The fraction of sp³-hybridized carbons (Fsp3) is 0.565. The largest absolute Gasteiger partial charge is 0.416 e. The molecule has 0 spiro atoms. The van der Waals surface area contributed by atoms with E-state index in [1.54, 1.807) is 4.68 Å². The Kier molecular flexibility index (Phi) is 5.91. The average molecular weight is 482 g/mol. The molecule has 0 bridgehead atoms. The van der Waals surface area contributed by atoms with E-state index in [1.165, 1.54) is 6.07 Å². The Hall–Kier alpha value is -2.10. The molecule has 2 aromatic rings. The molecule has 2 aliphatic heterocycles. The number of carbonyl (C=O) groups is 1. The molecule has 178 valence electrons. The molecule has 0 atom stereocenters. The Balaban J connectivity index is 1.28. The smallest absolute Gasteiger partial charge is 0.323 e. The molecule has 3 fully saturated rings. The predicted octanol–water partition coefficient (Wildman–Crippen LogP) is 4.22. The SMILES string of the molecule is O=C(Nc1ccc(C(F)(F)F)cc1Cl)C1(n2cc(C3CCN(C4CNC4)CC3)cn2)CCC1. The van der Waals surface area contributed by atoms with Crippen molar-refractivity contribution < 1.29 is 18.0 Å². The van der Waals surface area contributed by atoms with Gasteiger partial charge in [0.05, 0.1) is 22.5 Å². The van der Waals surface area contributed by atoms with Gasteiger partial charge in [-0.15, -0.1) is 0 Å². The zero-order chi connectivity index (χ0) is 23.2. The molecule has 1 aromatic carbocycles. The molecule has 5 rings (SSSR count). The first-order valence-electron chi connectivity index (χ1n) is 11.4. The van der Waals surface area contributed by atoms with Crippen molar-refractivity contribution >= 4 is 23.2 Å². The van der Waals surface area contributed by atoms with Crippen molar-refractivity contribution in [2.45, 2.75) is 55.8 Å². The summed E-state index contributed by atoms with van der Waals surface area (Å²) in [5, 5.41) is 10.5. The lowest BCUT2D eigenvalue weighted by atomic mass is 9.76. The number of aromatic nitrogens is 2. The third-order valence-corrected chi connectivity index (χ3v) is 7.78. The minimum Gasteiger partial charge on any atom is -0.323 e. The molecular formula is C23H27ClF3N5O. The molecule has 1 aromatic heterocycles. The average Bonchev–Trinajstić information content (AvgIpc) is 3.17. The summed E-state index contributed by atoms with van der Waals surface area (Å²) in [6, 6.07) is 3.62. The molecule has 3 heterocycles. The molecule has 3 aliphatic rings. The Bertz CT molecular complexity index is 1020. The number of rotatable bonds is 5. The van der Waals surface area contributed by atoms with Gasteiger partial charge in [0, 0.05) is 25.3 Å². The second kappa shape index (κ2) is 8.60. The van der Waals surface area contributed by atoms with Gasteiger partial charge in [0.1, 0.15) is 5.54 Å². The zero-order valence-electron chi connectivity index (χ0n) is 18.2. The van der Waals surface area contributed by atoms with E-state index >= 15 is 0 Å². The summed E-state index contributed by atoms with van der Waals surface area (Å²) in [7, 11) is 0. The summed E-state index contributed by atoms with van der Waals surface area (Å²) in [5.41, 5.74) is -0.359. The minimum absolute atomic E-state index is 0.137. The molecule has 1 saturated carbocycles. The van der Waals surface area contributed by atoms with E-state index in [4.69, 9.17) is 11.6 Å². The minimum atomic E-state index is -4.49. The van der Waals surface area contributed by atoms with Crippen molar-refractivity contribution in [2.75, 3.05) is 31.5 Å². The van der Waals surface area contributed by atoms with Gasteiger partial charge in [0.25, 0.3) is 5.91 Å². The van der Waals surface area contributed by atoms with Crippen LogP contribution in [0.1, 0.15) is 49.1 Å². The first kappa shape index (κ1) is 22.7. The second-order valence-corrected chi connectivity index (χ2v) is 9.78. The summed E-state index contributed by atoms with van der Waals surface area (Å²) in [4.78, 5) is 15.8. The van der Waals surface area contributed by atoms with Crippen LogP contribution in [0.25, 0.3) is 0 Å². The third-order valence-electron chi connectivity index (χ3n) is 7.47. The van der Waals surface area contributed by atoms with Gasteiger partial charge >= 0.3 is 6.18 Å². The van der Waals surface area contributed by atoms with Gasteiger partial charge in [-0.1, -0.05) is 11.6 Å². The van der Waals surface area contributed by atoms with E-state index in [9.17, 15) is 18.0 Å². The highest BCUT2D eigenvalue weighted by Crippen LogP contribution is 2.42. The molecule has 2 saturated heterocycles. The lowest BCUT2D eigenvalue weighted by molar-refractivity contribution is -0.137. The van der Waals surface area contributed by atoms with Gasteiger partial charge < -0.3 is 10.6 Å². The molecule has 1 amide bonds. The van der Waals surface area contributed by atoms with Crippen LogP contribution in [0.2, 0.25) is 5.02 Å². The standard InChI is InChI=1S/C23H27ClF3N5O/c24-19-10-17(23(25,26)27)2-3-20(19)30-21(33)22(6-1-7-22)32-14-16(11-29-32)15-4-8-31(9-5-15)18-12-28-13-18/h2-3,10-11,14-15,18,28H,1,4-9,12-13H2,(H,30,33). The zero-order valence-corrected chi connectivity index (χ0v) is 18.9. The number of likely N-dealkylation sites (tertiary alicyclic amines) is 1. The number of amides is 1. The van der Waals surface area contributed by atoms with E-state index in [-0.39, 0.29) is 16.6 Å². The molecule has 6 nitrogen and oxygen atoms in total. The number of carbonyl (C=O) groups excluding carboxylic acids is 1. The number of nitrogens with zero attached hydrogens (tertiary/aromatic N) is 3. The molecule has 0 unspecified atom stereocenters. The molecule has 10 heteroatoms. The molecule has 2 N–H and O–H groups in total. The van der Waals surface area contributed by atoms with Crippen LogP contribution in [0.4, 0.5) is 18.9 Å². The van der Waals surface area contributed by atoms with Crippen LogP contribution in [-0.2, 0) is 16.5 Å². The highest BCUT2D eigenvalue weighted by Gasteiger charge is 2.47. The van der Waals surface area contributed by atoms with Gasteiger partial charge in [-0.05, 0) is 74.9 Å². The first-order valence-corrected chi connectivity index (χ1v) is 11.8. The topological polar surface area (TPSA) is 62.2 Å². The van der Waals surface area contributed by atoms with E-state index in [0.717, 1.165) is 63.1 Å². The fourth-order valence-electron chi connectivity index (χ4n) is 5.01. The van der Waals surface area contributed by atoms with Crippen molar-refractivity contribution in [1.29, 1.82) is 0 Å². The van der Waals surface area contributed by atoms with Crippen molar-refractivity contribution in [2.24, 2.45) is 0 Å². The lowest BCUT2D eigenvalue weighted by Crippen LogP contribution is -2.58. The quantitative estimate of drug-likeness (QED) is 0.671. The van der Waals surface area contributed by atoms with Crippen LogP contribution in [0.15, 0.2) is 30.6 Å². The Labute approximate surface area is 195 Å². The predicted molar refractivity (Wildman–Crippen MR) is 119 cm³/mol. The van der Waals surface area contributed by atoms with Crippen LogP contribution in [0, 0.1) is 0 Å². The number of alkyl halides is 3. The number of piperidine rings is 1. The maximum Gasteiger partial charge on any atom is 0.416 e. The van der Waals surface area contributed by atoms with Gasteiger partial charge in [-0.3, -0.25) is 14.4 Å². The normalized spacial score (nSPS) is 21.9. The van der Waals surface area contributed by atoms with E-state index in [2.05, 4.69) is 20.6 Å². The van der Waals surface area contributed by atoms with Crippen molar-refractivity contribution in [1.82, 2.24) is 20.0 Å². The number of benzene rings is 1. The highest BCUT2D eigenvalue weighted by molar-refractivity contribution is 6.33. The summed E-state index contributed by atoms with van der Waals surface area (Å²) in [6.45, 7) is 4.28.